The molecule has 2 aliphatic rings. The third-order valence-electron chi connectivity index (χ3n) is 5.40. The van der Waals surface area contributed by atoms with E-state index in [0.29, 0.717) is 17.1 Å². The summed E-state index contributed by atoms with van der Waals surface area (Å²) in [6.07, 6.45) is -8.80. The average Bonchev–Trinajstić information content (AvgIpc) is 3.29. The van der Waals surface area contributed by atoms with Crippen LogP contribution >= 0.6 is 0 Å². The van der Waals surface area contributed by atoms with Crippen molar-refractivity contribution in [3.05, 3.63) is 23.8 Å². The Balaban J connectivity index is 1.91. The van der Waals surface area contributed by atoms with Crippen LogP contribution in [0.3, 0.4) is 0 Å². The first kappa shape index (κ1) is 25.1. The van der Waals surface area contributed by atoms with E-state index in [1.54, 1.807) is 0 Å². The topological polar surface area (TPSA) is 71.4 Å². The summed E-state index contributed by atoms with van der Waals surface area (Å²) < 4.78 is 106. The summed E-state index contributed by atoms with van der Waals surface area (Å²) >= 11 is 0. The van der Waals surface area contributed by atoms with Crippen LogP contribution in [0.5, 0.6) is 11.5 Å². The minimum Gasteiger partial charge on any atom is -0.454 e. The van der Waals surface area contributed by atoms with Crippen LogP contribution in [0.1, 0.15) is 39.2 Å². The van der Waals surface area contributed by atoms with Crippen molar-refractivity contribution in [3.8, 4) is 11.5 Å². The summed E-state index contributed by atoms with van der Waals surface area (Å²) in [5.41, 5.74) is -5.19. The summed E-state index contributed by atoms with van der Waals surface area (Å²) in [6.45, 7) is 4.25. The normalized spacial score (nSPS) is 21.4. The Bertz CT molecular complexity index is 972. The van der Waals surface area contributed by atoms with Crippen molar-refractivity contribution in [2.75, 3.05) is 6.79 Å². The maximum atomic E-state index is 14.7. The van der Waals surface area contributed by atoms with E-state index in [0.717, 1.165) is 0 Å². The van der Waals surface area contributed by atoms with Gasteiger partial charge >= 0.3 is 18.0 Å². The van der Waals surface area contributed by atoms with Gasteiger partial charge in [0.05, 0.1) is 0 Å². The number of carbonyl (C=O) groups excluding carboxylic acids is 1. The van der Waals surface area contributed by atoms with Gasteiger partial charge in [-0.25, -0.2) is 0 Å². The minimum absolute atomic E-state index is 0.0225. The highest BCUT2D eigenvalue weighted by Gasteiger charge is 2.82. The number of benzene rings is 1. The zero-order valence-electron chi connectivity index (χ0n) is 17.8. The molecule has 2 aliphatic heterocycles. The molecule has 3 rings (SSSR count). The van der Waals surface area contributed by atoms with E-state index in [2.05, 4.69) is 5.10 Å². The number of halogens is 7. The largest absolute Gasteiger partial charge is 0.460 e. The number of nitrogens with zero attached hydrogens (tertiary/aromatic N) is 2. The summed E-state index contributed by atoms with van der Waals surface area (Å²) in [6, 6.07) is 4.57. The van der Waals surface area contributed by atoms with Crippen LogP contribution in [-0.4, -0.2) is 52.3 Å². The van der Waals surface area contributed by atoms with Crippen LogP contribution in [-0.2, 0) is 11.2 Å². The average molecular weight is 486 g/mol. The maximum absolute atomic E-state index is 14.7. The molecule has 13 heteroatoms. The Morgan fingerprint density at radius 3 is 2.27 bits per heavy atom. The highest BCUT2D eigenvalue weighted by Crippen LogP contribution is 2.55. The van der Waals surface area contributed by atoms with Gasteiger partial charge in [-0.2, -0.15) is 40.8 Å². The minimum atomic E-state index is -6.68. The summed E-state index contributed by atoms with van der Waals surface area (Å²) in [5, 5.41) is 13.8. The molecular formula is C20H21F7N2O4. The van der Waals surface area contributed by atoms with Gasteiger partial charge in [-0.05, 0) is 24.1 Å². The number of aliphatic hydroxyl groups is 1. The molecule has 0 saturated carbocycles. The summed E-state index contributed by atoms with van der Waals surface area (Å²) in [7, 11) is 0. The Morgan fingerprint density at radius 2 is 1.70 bits per heavy atom. The van der Waals surface area contributed by atoms with E-state index in [4.69, 9.17) is 9.47 Å². The maximum Gasteiger partial charge on any atom is 0.460 e. The van der Waals surface area contributed by atoms with Crippen molar-refractivity contribution in [1.29, 1.82) is 0 Å². The molecule has 1 aromatic rings. The van der Waals surface area contributed by atoms with Crippen LogP contribution < -0.4 is 9.47 Å². The molecule has 2 heterocycles. The number of fused-ring (bicyclic) bond motifs is 1. The number of alkyl halides is 7. The van der Waals surface area contributed by atoms with Crippen molar-refractivity contribution in [2.45, 2.75) is 63.8 Å². The number of aryl methyl sites for hydroxylation is 1. The number of carbonyl (C=O) groups is 1. The molecule has 0 aromatic heterocycles. The molecule has 1 N–H and O–H groups in total. The smallest absolute Gasteiger partial charge is 0.454 e. The summed E-state index contributed by atoms with van der Waals surface area (Å²) in [4.78, 5) is 12.7. The molecule has 0 saturated heterocycles. The van der Waals surface area contributed by atoms with Crippen LogP contribution in [0.4, 0.5) is 30.7 Å². The first-order valence-electron chi connectivity index (χ1n) is 9.76. The van der Waals surface area contributed by atoms with E-state index in [1.165, 1.54) is 39.0 Å². The lowest BCUT2D eigenvalue weighted by molar-refractivity contribution is -0.401. The predicted molar refractivity (Wildman–Crippen MR) is 100 cm³/mol. The van der Waals surface area contributed by atoms with Gasteiger partial charge in [-0.15, -0.1) is 0 Å². The van der Waals surface area contributed by atoms with E-state index in [9.17, 15) is 40.6 Å². The fourth-order valence-electron chi connectivity index (χ4n) is 3.35. The van der Waals surface area contributed by atoms with Gasteiger partial charge < -0.3 is 14.6 Å². The molecular weight excluding hydrogens is 465 g/mol. The van der Waals surface area contributed by atoms with Crippen molar-refractivity contribution in [3.63, 3.8) is 0 Å². The molecule has 0 bridgehead atoms. The fourth-order valence-corrected chi connectivity index (χ4v) is 3.35. The van der Waals surface area contributed by atoms with Crippen LogP contribution in [0.25, 0.3) is 0 Å². The van der Waals surface area contributed by atoms with E-state index < -0.39 is 47.9 Å². The van der Waals surface area contributed by atoms with Crippen molar-refractivity contribution >= 4 is 11.6 Å². The predicted octanol–water partition coefficient (Wildman–Crippen LogP) is 4.50. The second kappa shape index (κ2) is 7.74. The van der Waals surface area contributed by atoms with Gasteiger partial charge in [0, 0.05) is 24.0 Å². The fraction of sp³-hybridized carbons (Fsp3) is 0.600. The molecule has 0 fully saturated rings. The SMILES string of the molecule is CC(C)(C)C1=NN(C(=O)CCc2ccc3c(c2)OCO3)[C@](O)(C(F)(F)C(F)(F)C(F)(F)F)C1. The van der Waals surface area contributed by atoms with Crippen LogP contribution in [0, 0.1) is 5.41 Å². The molecule has 6 nitrogen and oxygen atoms in total. The Hall–Kier alpha value is -2.57. The first-order valence-corrected chi connectivity index (χ1v) is 9.76. The van der Waals surface area contributed by atoms with Crippen molar-refractivity contribution < 1.29 is 50.1 Å². The third-order valence-corrected chi connectivity index (χ3v) is 5.40. The second-order valence-corrected chi connectivity index (χ2v) is 8.83. The Labute approximate surface area is 183 Å². The third kappa shape index (κ3) is 4.11. The lowest BCUT2D eigenvalue weighted by Crippen LogP contribution is -2.69. The molecule has 1 atom stereocenters. The molecule has 0 aliphatic carbocycles. The van der Waals surface area contributed by atoms with E-state index in [1.807, 2.05) is 0 Å². The van der Waals surface area contributed by atoms with Crippen molar-refractivity contribution in [1.82, 2.24) is 5.01 Å². The number of hydrogen-bond acceptors (Lipinski definition) is 5. The highest BCUT2D eigenvalue weighted by molar-refractivity contribution is 5.94. The monoisotopic (exact) mass is 486 g/mol. The summed E-state index contributed by atoms with van der Waals surface area (Å²) in [5.74, 6) is -13.3. The van der Waals surface area contributed by atoms with Gasteiger partial charge in [-0.1, -0.05) is 26.8 Å². The molecule has 1 aromatic carbocycles. The van der Waals surface area contributed by atoms with Gasteiger partial charge in [0.1, 0.15) is 0 Å². The molecule has 184 valence electrons. The molecule has 0 unspecified atom stereocenters. The van der Waals surface area contributed by atoms with Crippen molar-refractivity contribution in [2.24, 2.45) is 10.5 Å². The van der Waals surface area contributed by atoms with E-state index in [-0.39, 0.29) is 23.9 Å². The Kier molecular flexibility index (Phi) is 5.88. The zero-order valence-corrected chi connectivity index (χ0v) is 17.8. The van der Waals surface area contributed by atoms with Gasteiger partial charge in [0.15, 0.2) is 11.5 Å². The number of hydrogen-bond donors (Lipinski definition) is 1. The van der Waals surface area contributed by atoms with Gasteiger partial charge in [0.25, 0.3) is 0 Å². The number of amides is 1. The number of rotatable bonds is 5. The second-order valence-electron chi connectivity index (χ2n) is 8.83. The molecule has 0 spiro atoms. The van der Waals surface area contributed by atoms with Gasteiger partial charge in [0.2, 0.25) is 18.4 Å². The number of hydrazone groups is 1. The zero-order chi connectivity index (χ0) is 25.0. The van der Waals surface area contributed by atoms with Crippen LogP contribution in [0.2, 0.25) is 0 Å². The lowest BCUT2D eigenvalue weighted by atomic mass is 9.83. The highest BCUT2D eigenvalue weighted by atomic mass is 19.4. The first-order chi connectivity index (χ1) is 14.9. The quantitative estimate of drug-likeness (QED) is 0.623. The molecule has 1 amide bonds. The van der Waals surface area contributed by atoms with Crippen LogP contribution in [0.15, 0.2) is 23.3 Å². The van der Waals surface area contributed by atoms with E-state index >= 15 is 0 Å². The Morgan fingerprint density at radius 1 is 1.09 bits per heavy atom. The standard InChI is InChI=1S/C20H21F7N2O4/c1-16(2,3)14-9-17(31,18(21,22)19(23,24)20(25,26)27)29(28-14)15(30)7-5-11-4-6-12-13(8-11)33-10-32-12/h4,6,8,31H,5,7,9-10H2,1-3H3/t17-/m1/s1. The molecule has 33 heavy (non-hydrogen) atoms. The van der Waals surface area contributed by atoms with Gasteiger partial charge in [-0.3, -0.25) is 4.79 Å². The molecule has 0 radical (unpaired) electrons. The lowest BCUT2D eigenvalue weighted by Gasteiger charge is -2.41. The number of ether oxygens (including phenoxy) is 2.